The summed E-state index contributed by atoms with van der Waals surface area (Å²) in [5.41, 5.74) is 4.66. The van der Waals surface area contributed by atoms with E-state index in [-0.39, 0.29) is 0 Å². The van der Waals surface area contributed by atoms with Gasteiger partial charge >= 0.3 is 0 Å². The Labute approximate surface area is 177 Å². The van der Waals surface area contributed by atoms with Gasteiger partial charge < -0.3 is 9.88 Å². The van der Waals surface area contributed by atoms with Gasteiger partial charge in [0.1, 0.15) is 0 Å². The standard InChI is InChI=1S/C24H26N6/c1-3-11-27-23(5-1)16-26-15-21-7-9-22(10-8-21)17-30(20-29-14-13-25-19-29)18-24-6-2-4-12-28-24/h1-14,19,26H,15-18,20H2. The topological polar surface area (TPSA) is 58.9 Å². The summed E-state index contributed by atoms with van der Waals surface area (Å²) in [7, 11) is 0. The van der Waals surface area contributed by atoms with E-state index >= 15 is 0 Å². The average molecular weight is 399 g/mol. The van der Waals surface area contributed by atoms with Crippen molar-refractivity contribution in [2.24, 2.45) is 0 Å². The van der Waals surface area contributed by atoms with Crippen LogP contribution in [0.15, 0.2) is 91.8 Å². The fourth-order valence-electron chi connectivity index (χ4n) is 3.34. The number of nitrogens with zero attached hydrogens (tertiary/aromatic N) is 5. The molecule has 0 spiro atoms. The lowest BCUT2D eigenvalue weighted by atomic mass is 10.1. The third kappa shape index (κ3) is 6.07. The van der Waals surface area contributed by atoms with E-state index < -0.39 is 0 Å². The summed E-state index contributed by atoms with van der Waals surface area (Å²) in [6.07, 6.45) is 9.32. The summed E-state index contributed by atoms with van der Waals surface area (Å²) in [6.45, 7) is 3.99. The fourth-order valence-corrected chi connectivity index (χ4v) is 3.34. The highest BCUT2D eigenvalue weighted by molar-refractivity contribution is 5.22. The lowest BCUT2D eigenvalue weighted by Gasteiger charge is -2.22. The van der Waals surface area contributed by atoms with Crippen LogP contribution in [0.3, 0.4) is 0 Å². The number of hydrogen-bond acceptors (Lipinski definition) is 5. The van der Waals surface area contributed by atoms with Crippen molar-refractivity contribution >= 4 is 0 Å². The second-order valence-electron chi connectivity index (χ2n) is 7.27. The molecule has 0 atom stereocenters. The first kappa shape index (κ1) is 19.9. The van der Waals surface area contributed by atoms with Gasteiger partial charge in [-0.05, 0) is 35.4 Å². The normalized spacial score (nSPS) is 11.1. The van der Waals surface area contributed by atoms with E-state index in [2.05, 4.69) is 60.1 Å². The number of pyridine rings is 2. The quantitative estimate of drug-likeness (QED) is 0.442. The molecule has 6 nitrogen and oxygen atoms in total. The molecule has 4 aromatic rings. The molecular weight excluding hydrogens is 372 g/mol. The van der Waals surface area contributed by atoms with Crippen LogP contribution in [0, 0.1) is 0 Å². The predicted octanol–water partition coefficient (Wildman–Crippen LogP) is 3.62. The molecule has 152 valence electrons. The van der Waals surface area contributed by atoms with Gasteiger partial charge in [0.15, 0.2) is 0 Å². The van der Waals surface area contributed by atoms with Crippen LogP contribution in [0.5, 0.6) is 0 Å². The van der Waals surface area contributed by atoms with Crippen molar-refractivity contribution in [3.63, 3.8) is 0 Å². The summed E-state index contributed by atoms with van der Waals surface area (Å²) in [4.78, 5) is 15.3. The maximum absolute atomic E-state index is 4.48. The van der Waals surface area contributed by atoms with Gasteiger partial charge in [0.25, 0.3) is 0 Å². The van der Waals surface area contributed by atoms with Crippen LogP contribution >= 0.6 is 0 Å². The van der Waals surface area contributed by atoms with Gasteiger partial charge in [0, 0.05) is 51.0 Å². The first-order chi connectivity index (χ1) is 14.8. The third-order valence-electron chi connectivity index (χ3n) is 4.82. The molecule has 0 saturated carbocycles. The minimum atomic E-state index is 0.768. The van der Waals surface area contributed by atoms with E-state index in [9.17, 15) is 0 Å². The van der Waals surface area contributed by atoms with Gasteiger partial charge in [-0.3, -0.25) is 14.9 Å². The van der Waals surface area contributed by atoms with Gasteiger partial charge in [-0.2, -0.15) is 0 Å². The highest BCUT2D eigenvalue weighted by Gasteiger charge is 2.09. The Morgan fingerprint density at radius 3 is 2.13 bits per heavy atom. The number of nitrogens with one attached hydrogen (secondary N) is 1. The predicted molar refractivity (Wildman–Crippen MR) is 117 cm³/mol. The fraction of sp³-hybridized carbons (Fsp3) is 0.208. The minimum Gasteiger partial charge on any atom is -0.324 e. The molecule has 30 heavy (non-hydrogen) atoms. The molecule has 0 bridgehead atoms. The summed E-state index contributed by atoms with van der Waals surface area (Å²) < 4.78 is 2.08. The van der Waals surface area contributed by atoms with E-state index in [4.69, 9.17) is 0 Å². The van der Waals surface area contributed by atoms with Crippen molar-refractivity contribution in [2.75, 3.05) is 0 Å². The zero-order valence-corrected chi connectivity index (χ0v) is 16.9. The molecule has 0 aliphatic rings. The molecule has 6 heteroatoms. The Morgan fingerprint density at radius 2 is 1.47 bits per heavy atom. The van der Waals surface area contributed by atoms with Crippen LogP contribution in [-0.2, 0) is 32.8 Å². The summed E-state index contributed by atoms with van der Waals surface area (Å²) >= 11 is 0. The van der Waals surface area contributed by atoms with Crippen LogP contribution in [0.2, 0.25) is 0 Å². The van der Waals surface area contributed by atoms with E-state index in [0.717, 1.165) is 44.2 Å². The second-order valence-corrected chi connectivity index (χ2v) is 7.27. The summed E-state index contributed by atoms with van der Waals surface area (Å²) in [6, 6.07) is 20.8. The highest BCUT2D eigenvalue weighted by atomic mass is 15.3. The molecule has 1 aromatic carbocycles. The van der Waals surface area contributed by atoms with Crippen molar-refractivity contribution in [1.29, 1.82) is 0 Å². The molecule has 3 aromatic heterocycles. The third-order valence-corrected chi connectivity index (χ3v) is 4.82. The first-order valence-electron chi connectivity index (χ1n) is 10.1. The lowest BCUT2D eigenvalue weighted by molar-refractivity contribution is 0.198. The van der Waals surface area contributed by atoms with Crippen molar-refractivity contribution in [3.8, 4) is 0 Å². The zero-order valence-electron chi connectivity index (χ0n) is 16.9. The maximum atomic E-state index is 4.48. The molecule has 0 radical (unpaired) electrons. The van der Waals surface area contributed by atoms with Crippen LogP contribution in [0.1, 0.15) is 22.5 Å². The average Bonchev–Trinajstić information content (AvgIpc) is 3.29. The van der Waals surface area contributed by atoms with Gasteiger partial charge in [-0.25, -0.2) is 4.98 Å². The van der Waals surface area contributed by atoms with Crippen LogP contribution in [0.4, 0.5) is 0 Å². The Balaban J connectivity index is 1.35. The maximum Gasteiger partial charge on any atom is 0.0956 e. The molecule has 3 heterocycles. The van der Waals surface area contributed by atoms with Gasteiger partial charge in [0.2, 0.25) is 0 Å². The van der Waals surface area contributed by atoms with Crippen molar-refractivity contribution in [2.45, 2.75) is 32.8 Å². The molecule has 0 saturated heterocycles. The van der Waals surface area contributed by atoms with E-state index in [1.54, 1.807) is 0 Å². The minimum absolute atomic E-state index is 0.768. The number of hydrogen-bond donors (Lipinski definition) is 1. The summed E-state index contributed by atoms with van der Waals surface area (Å²) in [5.74, 6) is 0. The first-order valence-corrected chi connectivity index (χ1v) is 10.1. The Hall–Kier alpha value is -3.35. The van der Waals surface area contributed by atoms with E-state index in [1.807, 2.05) is 61.4 Å². The number of benzene rings is 1. The smallest absolute Gasteiger partial charge is 0.0956 e. The Bertz CT molecular complexity index is 985. The Morgan fingerprint density at radius 1 is 0.733 bits per heavy atom. The number of imidazole rings is 1. The SMILES string of the molecule is c1ccc(CNCc2ccc(CN(Cc3ccccn3)Cn3ccnc3)cc2)nc1. The summed E-state index contributed by atoms with van der Waals surface area (Å²) in [5, 5.41) is 3.45. The van der Waals surface area contributed by atoms with Gasteiger partial charge in [-0.15, -0.1) is 0 Å². The van der Waals surface area contributed by atoms with E-state index in [0.29, 0.717) is 0 Å². The molecule has 0 amide bonds. The number of rotatable bonds is 10. The van der Waals surface area contributed by atoms with Crippen molar-refractivity contribution in [3.05, 3.63) is 114 Å². The van der Waals surface area contributed by atoms with Gasteiger partial charge in [0.05, 0.1) is 24.4 Å². The van der Waals surface area contributed by atoms with Crippen LogP contribution < -0.4 is 5.32 Å². The second kappa shape index (κ2) is 10.4. The molecule has 0 aliphatic carbocycles. The highest BCUT2D eigenvalue weighted by Crippen LogP contribution is 2.12. The molecule has 4 rings (SSSR count). The molecule has 0 fully saturated rings. The monoisotopic (exact) mass is 398 g/mol. The van der Waals surface area contributed by atoms with Crippen LogP contribution in [-0.4, -0.2) is 24.4 Å². The molecule has 0 unspecified atom stereocenters. The zero-order chi connectivity index (χ0) is 20.4. The molecular formula is C24H26N6. The van der Waals surface area contributed by atoms with Gasteiger partial charge in [-0.1, -0.05) is 36.4 Å². The number of aromatic nitrogens is 4. The van der Waals surface area contributed by atoms with Crippen molar-refractivity contribution in [1.82, 2.24) is 29.7 Å². The Kier molecular flexibility index (Phi) is 6.94. The van der Waals surface area contributed by atoms with Crippen molar-refractivity contribution < 1.29 is 0 Å². The molecule has 0 aliphatic heterocycles. The van der Waals surface area contributed by atoms with Crippen LogP contribution in [0.25, 0.3) is 0 Å². The van der Waals surface area contributed by atoms with E-state index in [1.165, 1.54) is 11.1 Å². The lowest BCUT2D eigenvalue weighted by Crippen LogP contribution is -2.25. The molecule has 1 N–H and O–H groups in total. The largest absolute Gasteiger partial charge is 0.324 e.